The quantitative estimate of drug-likeness (QED) is 0.711. The summed E-state index contributed by atoms with van der Waals surface area (Å²) in [5.74, 6) is 1.58. The molecule has 0 aromatic heterocycles. The lowest BCUT2D eigenvalue weighted by molar-refractivity contribution is -0.117. The van der Waals surface area contributed by atoms with E-state index in [4.69, 9.17) is 9.47 Å². The Hall–Kier alpha value is -1.51. The fourth-order valence-corrected chi connectivity index (χ4v) is 1.21. The van der Waals surface area contributed by atoms with Gasteiger partial charge in [0.25, 0.3) is 0 Å². The Morgan fingerprint density at radius 3 is 2.19 bits per heavy atom. The van der Waals surface area contributed by atoms with E-state index in [-0.39, 0.29) is 5.78 Å². The molecular weight excluding hydrogens is 204 g/mol. The SMILES string of the molecule is CCCOc1ccccc1OCCC(C)=O. The second-order valence-corrected chi connectivity index (χ2v) is 3.60. The molecule has 3 heteroatoms. The number of rotatable bonds is 7. The Morgan fingerprint density at radius 2 is 1.69 bits per heavy atom. The van der Waals surface area contributed by atoms with E-state index in [1.165, 1.54) is 0 Å². The number of carbonyl (C=O) groups is 1. The Morgan fingerprint density at radius 1 is 1.12 bits per heavy atom. The van der Waals surface area contributed by atoms with Crippen molar-refractivity contribution in [1.82, 2.24) is 0 Å². The molecule has 0 unspecified atom stereocenters. The fourth-order valence-electron chi connectivity index (χ4n) is 1.21. The highest BCUT2D eigenvalue weighted by Gasteiger charge is 2.03. The molecule has 1 aromatic carbocycles. The van der Waals surface area contributed by atoms with Crippen LogP contribution in [0.2, 0.25) is 0 Å². The van der Waals surface area contributed by atoms with Crippen molar-refractivity contribution in [3.63, 3.8) is 0 Å². The minimum atomic E-state index is 0.131. The monoisotopic (exact) mass is 222 g/mol. The number of hydrogen-bond acceptors (Lipinski definition) is 3. The van der Waals surface area contributed by atoms with E-state index < -0.39 is 0 Å². The summed E-state index contributed by atoms with van der Waals surface area (Å²) in [7, 11) is 0. The van der Waals surface area contributed by atoms with Crippen LogP contribution < -0.4 is 9.47 Å². The van der Waals surface area contributed by atoms with Gasteiger partial charge in [-0.3, -0.25) is 4.79 Å². The Labute approximate surface area is 96.4 Å². The number of carbonyl (C=O) groups excluding carboxylic acids is 1. The predicted octanol–water partition coefficient (Wildman–Crippen LogP) is 2.83. The predicted molar refractivity (Wildman–Crippen MR) is 63.0 cm³/mol. The lowest BCUT2D eigenvalue weighted by Crippen LogP contribution is -2.04. The number of para-hydroxylation sites is 2. The molecule has 88 valence electrons. The molecule has 0 amide bonds. The Balaban J connectivity index is 2.52. The van der Waals surface area contributed by atoms with Crippen LogP contribution >= 0.6 is 0 Å². The molecule has 0 saturated heterocycles. The molecule has 0 aliphatic heterocycles. The summed E-state index contributed by atoms with van der Waals surface area (Å²) in [5.41, 5.74) is 0. The van der Waals surface area contributed by atoms with Crippen molar-refractivity contribution in [3.8, 4) is 11.5 Å². The van der Waals surface area contributed by atoms with Gasteiger partial charge in [-0.25, -0.2) is 0 Å². The van der Waals surface area contributed by atoms with Crippen LogP contribution in [0, 0.1) is 0 Å². The maximum absolute atomic E-state index is 10.8. The zero-order valence-corrected chi connectivity index (χ0v) is 9.86. The first-order valence-corrected chi connectivity index (χ1v) is 5.58. The van der Waals surface area contributed by atoms with E-state index in [1.54, 1.807) is 6.92 Å². The average Bonchev–Trinajstić information content (AvgIpc) is 2.27. The Kier molecular flexibility index (Phi) is 5.40. The van der Waals surface area contributed by atoms with Gasteiger partial charge in [0.2, 0.25) is 0 Å². The molecule has 0 spiro atoms. The van der Waals surface area contributed by atoms with Gasteiger partial charge in [0.05, 0.1) is 13.2 Å². The molecule has 1 rings (SSSR count). The van der Waals surface area contributed by atoms with Crippen molar-refractivity contribution in [3.05, 3.63) is 24.3 Å². The first kappa shape index (κ1) is 12.6. The van der Waals surface area contributed by atoms with Crippen LogP contribution in [0.1, 0.15) is 26.7 Å². The van der Waals surface area contributed by atoms with E-state index in [0.717, 1.165) is 12.2 Å². The Bertz CT molecular complexity index is 334. The normalized spacial score (nSPS) is 9.88. The smallest absolute Gasteiger partial charge is 0.161 e. The van der Waals surface area contributed by atoms with E-state index in [1.807, 2.05) is 24.3 Å². The molecule has 0 radical (unpaired) electrons. The molecule has 16 heavy (non-hydrogen) atoms. The number of hydrogen-bond donors (Lipinski definition) is 0. The van der Waals surface area contributed by atoms with Crippen molar-refractivity contribution in [2.45, 2.75) is 26.7 Å². The summed E-state index contributed by atoms with van der Waals surface area (Å²) < 4.78 is 11.0. The summed E-state index contributed by atoms with van der Waals surface area (Å²) in [6.45, 7) is 4.69. The first-order valence-electron chi connectivity index (χ1n) is 5.58. The van der Waals surface area contributed by atoms with Crippen LogP contribution in [0.5, 0.6) is 11.5 Å². The van der Waals surface area contributed by atoms with Gasteiger partial charge in [-0.15, -0.1) is 0 Å². The van der Waals surface area contributed by atoms with Gasteiger partial charge in [-0.05, 0) is 25.5 Å². The standard InChI is InChI=1S/C13H18O3/c1-3-9-15-12-6-4-5-7-13(12)16-10-8-11(2)14/h4-7H,3,8-10H2,1-2H3. The van der Waals surface area contributed by atoms with Gasteiger partial charge >= 0.3 is 0 Å². The molecule has 0 aliphatic carbocycles. The third-order valence-electron chi connectivity index (χ3n) is 2.02. The highest BCUT2D eigenvalue weighted by Crippen LogP contribution is 2.26. The average molecular weight is 222 g/mol. The summed E-state index contributed by atoms with van der Waals surface area (Å²) >= 11 is 0. The van der Waals surface area contributed by atoms with Gasteiger partial charge in [-0.2, -0.15) is 0 Å². The summed E-state index contributed by atoms with van der Waals surface area (Å²) in [5, 5.41) is 0. The molecular formula is C13H18O3. The first-order chi connectivity index (χ1) is 7.74. The molecule has 0 heterocycles. The van der Waals surface area contributed by atoms with E-state index in [9.17, 15) is 4.79 Å². The van der Waals surface area contributed by atoms with Crippen molar-refractivity contribution in [2.24, 2.45) is 0 Å². The van der Waals surface area contributed by atoms with Crippen LogP contribution in [0.25, 0.3) is 0 Å². The van der Waals surface area contributed by atoms with E-state index in [0.29, 0.717) is 25.4 Å². The van der Waals surface area contributed by atoms with E-state index in [2.05, 4.69) is 6.92 Å². The number of Topliss-reactive ketones (excluding diaryl/α,β-unsaturated/α-hetero) is 1. The van der Waals surface area contributed by atoms with Crippen molar-refractivity contribution in [1.29, 1.82) is 0 Å². The molecule has 1 aromatic rings. The summed E-state index contributed by atoms with van der Waals surface area (Å²) in [4.78, 5) is 10.8. The van der Waals surface area contributed by atoms with Gasteiger partial charge < -0.3 is 9.47 Å². The summed E-state index contributed by atoms with van der Waals surface area (Å²) in [6, 6.07) is 7.52. The van der Waals surface area contributed by atoms with Crippen LogP contribution in [-0.2, 0) is 4.79 Å². The van der Waals surface area contributed by atoms with Crippen LogP contribution in [-0.4, -0.2) is 19.0 Å². The third-order valence-corrected chi connectivity index (χ3v) is 2.02. The second-order valence-electron chi connectivity index (χ2n) is 3.60. The van der Waals surface area contributed by atoms with Crippen LogP contribution in [0.4, 0.5) is 0 Å². The minimum Gasteiger partial charge on any atom is -0.490 e. The van der Waals surface area contributed by atoms with Crippen molar-refractivity contribution >= 4 is 5.78 Å². The zero-order valence-electron chi connectivity index (χ0n) is 9.86. The largest absolute Gasteiger partial charge is 0.490 e. The molecule has 0 fully saturated rings. The lowest BCUT2D eigenvalue weighted by Gasteiger charge is -2.11. The lowest BCUT2D eigenvalue weighted by atomic mass is 10.3. The number of ether oxygens (including phenoxy) is 2. The zero-order chi connectivity index (χ0) is 11.8. The molecule has 0 aliphatic rings. The van der Waals surface area contributed by atoms with Gasteiger partial charge in [-0.1, -0.05) is 19.1 Å². The van der Waals surface area contributed by atoms with E-state index >= 15 is 0 Å². The number of benzene rings is 1. The molecule has 0 N–H and O–H groups in total. The van der Waals surface area contributed by atoms with Gasteiger partial charge in [0.1, 0.15) is 5.78 Å². The van der Waals surface area contributed by atoms with Crippen molar-refractivity contribution < 1.29 is 14.3 Å². The minimum absolute atomic E-state index is 0.131. The topological polar surface area (TPSA) is 35.5 Å². The van der Waals surface area contributed by atoms with Gasteiger partial charge in [0, 0.05) is 6.42 Å². The highest BCUT2D eigenvalue weighted by atomic mass is 16.5. The van der Waals surface area contributed by atoms with Crippen molar-refractivity contribution in [2.75, 3.05) is 13.2 Å². The van der Waals surface area contributed by atoms with Gasteiger partial charge in [0.15, 0.2) is 11.5 Å². The third kappa shape index (κ3) is 4.34. The summed E-state index contributed by atoms with van der Waals surface area (Å²) in [6.07, 6.45) is 1.39. The maximum atomic E-state index is 10.8. The molecule has 3 nitrogen and oxygen atoms in total. The molecule has 0 bridgehead atoms. The highest BCUT2D eigenvalue weighted by molar-refractivity contribution is 5.75. The fraction of sp³-hybridized carbons (Fsp3) is 0.462. The van der Waals surface area contributed by atoms with Crippen LogP contribution in [0.15, 0.2) is 24.3 Å². The molecule has 0 atom stereocenters. The van der Waals surface area contributed by atoms with Crippen LogP contribution in [0.3, 0.4) is 0 Å². The molecule has 0 saturated carbocycles. The number of ketones is 1. The maximum Gasteiger partial charge on any atom is 0.161 e. The second kappa shape index (κ2) is 6.88.